The third kappa shape index (κ3) is 3.42. The summed E-state index contributed by atoms with van der Waals surface area (Å²) in [7, 11) is 0. The molecule has 0 saturated heterocycles. The normalized spacial score (nSPS) is 24.2. The molecule has 1 heterocycles. The van der Waals surface area contributed by atoms with Gasteiger partial charge in [0.1, 0.15) is 0 Å². The first kappa shape index (κ1) is 12.8. The Balaban J connectivity index is 2.04. The first-order valence-electron chi connectivity index (χ1n) is 6.41. The second-order valence-electron chi connectivity index (χ2n) is 4.68. The predicted octanol–water partition coefficient (Wildman–Crippen LogP) is 2.72. The molecule has 1 aromatic rings. The van der Waals surface area contributed by atoms with E-state index in [9.17, 15) is 0 Å². The van der Waals surface area contributed by atoms with Crippen LogP contribution >= 0.6 is 11.8 Å². The molecule has 1 aliphatic rings. The first-order chi connectivity index (χ1) is 8.19. The highest BCUT2D eigenvalue weighted by Crippen LogP contribution is 2.33. The summed E-state index contributed by atoms with van der Waals surface area (Å²) < 4.78 is 0. The molecule has 0 radical (unpaired) electrons. The minimum Gasteiger partial charge on any atom is -0.313 e. The highest BCUT2D eigenvalue weighted by Gasteiger charge is 2.28. The Morgan fingerprint density at radius 1 is 1.29 bits per heavy atom. The van der Waals surface area contributed by atoms with Crippen molar-refractivity contribution >= 4 is 11.8 Å². The average molecular weight is 251 g/mol. The summed E-state index contributed by atoms with van der Waals surface area (Å²) in [6, 6.07) is 2.66. The average Bonchev–Trinajstić information content (AvgIpc) is 2.65. The van der Waals surface area contributed by atoms with Crippen LogP contribution in [0.2, 0.25) is 0 Å². The van der Waals surface area contributed by atoms with E-state index in [1.54, 1.807) is 0 Å². The second-order valence-corrected chi connectivity index (χ2v) is 5.89. The Labute approximate surface area is 108 Å². The van der Waals surface area contributed by atoms with E-state index in [1.807, 2.05) is 31.7 Å². The van der Waals surface area contributed by atoms with Gasteiger partial charge in [-0.05, 0) is 39.3 Å². The molecule has 1 N–H and O–H groups in total. The van der Waals surface area contributed by atoms with Crippen molar-refractivity contribution in [1.82, 2.24) is 15.3 Å². The fourth-order valence-electron chi connectivity index (χ4n) is 2.44. The number of hydrogen-bond donors (Lipinski definition) is 1. The Morgan fingerprint density at radius 3 is 2.65 bits per heavy atom. The van der Waals surface area contributed by atoms with Gasteiger partial charge in [0, 0.05) is 22.7 Å². The summed E-state index contributed by atoms with van der Waals surface area (Å²) in [5.41, 5.74) is 2.14. The third-order valence-corrected chi connectivity index (χ3v) is 4.40. The minimum absolute atomic E-state index is 0.634. The maximum Gasteiger partial charge on any atom is 0.188 e. The number of rotatable bonds is 4. The minimum atomic E-state index is 0.634. The van der Waals surface area contributed by atoms with Gasteiger partial charge in [-0.15, -0.1) is 0 Å². The highest BCUT2D eigenvalue weighted by atomic mass is 32.2. The van der Waals surface area contributed by atoms with Gasteiger partial charge in [-0.3, -0.25) is 0 Å². The Bertz CT molecular complexity index is 361. The van der Waals surface area contributed by atoms with Crippen LogP contribution in [0, 0.1) is 13.8 Å². The van der Waals surface area contributed by atoms with E-state index in [2.05, 4.69) is 22.2 Å². The van der Waals surface area contributed by atoms with Crippen LogP contribution in [0.4, 0.5) is 0 Å². The summed E-state index contributed by atoms with van der Waals surface area (Å²) in [4.78, 5) is 9.03. The lowest BCUT2D eigenvalue weighted by molar-refractivity contribution is 0.550. The molecule has 0 spiro atoms. The van der Waals surface area contributed by atoms with E-state index in [0.29, 0.717) is 11.3 Å². The van der Waals surface area contributed by atoms with Crippen molar-refractivity contribution in [3.8, 4) is 0 Å². The lowest BCUT2D eigenvalue weighted by atomic mass is 10.2. The van der Waals surface area contributed by atoms with Crippen LogP contribution < -0.4 is 5.32 Å². The second kappa shape index (κ2) is 5.83. The molecule has 0 aromatic carbocycles. The molecule has 1 aromatic heterocycles. The molecular formula is C13H21N3S. The maximum atomic E-state index is 4.52. The van der Waals surface area contributed by atoms with Crippen LogP contribution in [0.5, 0.6) is 0 Å². The van der Waals surface area contributed by atoms with Gasteiger partial charge in [0.15, 0.2) is 5.16 Å². The fraction of sp³-hybridized carbons (Fsp3) is 0.692. The predicted molar refractivity (Wildman–Crippen MR) is 72.5 cm³/mol. The SMILES string of the molecule is CCNC1CCCC1Sc1nc(C)cc(C)n1. The number of aromatic nitrogens is 2. The molecule has 1 fully saturated rings. The summed E-state index contributed by atoms with van der Waals surface area (Å²) in [5.74, 6) is 0. The van der Waals surface area contributed by atoms with Crippen LogP contribution in [-0.2, 0) is 0 Å². The number of nitrogens with one attached hydrogen (secondary N) is 1. The van der Waals surface area contributed by atoms with E-state index in [4.69, 9.17) is 0 Å². The lowest BCUT2D eigenvalue weighted by Crippen LogP contribution is -2.33. The molecule has 4 heteroatoms. The molecule has 17 heavy (non-hydrogen) atoms. The first-order valence-corrected chi connectivity index (χ1v) is 7.29. The van der Waals surface area contributed by atoms with Crippen LogP contribution in [-0.4, -0.2) is 27.8 Å². The molecule has 1 aliphatic carbocycles. The van der Waals surface area contributed by atoms with Gasteiger partial charge in [0.25, 0.3) is 0 Å². The van der Waals surface area contributed by atoms with E-state index in [-0.39, 0.29) is 0 Å². The van der Waals surface area contributed by atoms with E-state index >= 15 is 0 Å². The van der Waals surface area contributed by atoms with Crippen molar-refractivity contribution in [1.29, 1.82) is 0 Å². The monoisotopic (exact) mass is 251 g/mol. The van der Waals surface area contributed by atoms with Gasteiger partial charge in [-0.2, -0.15) is 0 Å². The lowest BCUT2D eigenvalue weighted by Gasteiger charge is -2.19. The molecule has 0 amide bonds. The van der Waals surface area contributed by atoms with Crippen LogP contribution in [0.25, 0.3) is 0 Å². The van der Waals surface area contributed by atoms with Crippen molar-refractivity contribution in [2.24, 2.45) is 0 Å². The van der Waals surface area contributed by atoms with Crippen LogP contribution in [0.3, 0.4) is 0 Å². The molecule has 0 bridgehead atoms. The van der Waals surface area contributed by atoms with Crippen molar-refractivity contribution in [2.75, 3.05) is 6.54 Å². The summed E-state index contributed by atoms with van der Waals surface area (Å²) in [6.07, 6.45) is 3.88. The van der Waals surface area contributed by atoms with Gasteiger partial charge < -0.3 is 5.32 Å². The van der Waals surface area contributed by atoms with Crippen molar-refractivity contribution in [3.63, 3.8) is 0 Å². The van der Waals surface area contributed by atoms with Crippen LogP contribution in [0.15, 0.2) is 11.2 Å². The molecule has 94 valence electrons. The summed E-state index contributed by atoms with van der Waals surface area (Å²) >= 11 is 1.84. The zero-order valence-corrected chi connectivity index (χ0v) is 11.7. The quantitative estimate of drug-likeness (QED) is 0.835. The molecule has 2 unspecified atom stereocenters. The van der Waals surface area contributed by atoms with Gasteiger partial charge in [0.2, 0.25) is 0 Å². The highest BCUT2D eigenvalue weighted by molar-refractivity contribution is 7.99. The third-order valence-electron chi connectivity index (χ3n) is 3.14. The largest absolute Gasteiger partial charge is 0.313 e. The maximum absolute atomic E-state index is 4.52. The van der Waals surface area contributed by atoms with Gasteiger partial charge in [0.05, 0.1) is 0 Å². The summed E-state index contributed by atoms with van der Waals surface area (Å²) in [5, 5.41) is 5.14. The molecule has 2 atom stereocenters. The van der Waals surface area contributed by atoms with Gasteiger partial charge in [-0.1, -0.05) is 25.1 Å². The zero-order chi connectivity index (χ0) is 12.3. The van der Waals surface area contributed by atoms with E-state index in [1.165, 1.54) is 19.3 Å². The van der Waals surface area contributed by atoms with E-state index in [0.717, 1.165) is 23.1 Å². The molecule has 0 aliphatic heterocycles. The van der Waals surface area contributed by atoms with Crippen LogP contribution in [0.1, 0.15) is 37.6 Å². The topological polar surface area (TPSA) is 37.8 Å². The van der Waals surface area contributed by atoms with Gasteiger partial charge >= 0.3 is 0 Å². The number of hydrogen-bond acceptors (Lipinski definition) is 4. The van der Waals surface area contributed by atoms with Crippen molar-refractivity contribution in [3.05, 3.63) is 17.5 Å². The van der Waals surface area contributed by atoms with E-state index < -0.39 is 0 Å². The Hall–Kier alpha value is -0.610. The van der Waals surface area contributed by atoms with Crippen molar-refractivity contribution in [2.45, 2.75) is 56.5 Å². The molecule has 3 nitrogen and oxygen atoms in total. The summed E-state index contributed by atoms with van der Waals surface area (Å²) in [6.45, 7) is 7.30. The number of aryl methyl sites for hydroxylation is 2. The number of thioether (sulfide) groups is 1. The standard InChI is InChI=1S/C13H21N3S/c1-4-14-11-6-5-7-12(11)17-13-15-9(2)8-10(3)16-13/h8,11-12,14H,4-7H2,1-3H3. The van der Waals surface area contributed by atoms with Gasteiger partial charge in [-0.25, -0.2) is 9.97 Å². The fourth-order valence-corrected chi connectivity index (χ4v) is 3.79. The molecule has 2 rings (SSSR count). The molecular weight excluding hydrogens is 230 g/mol. The molecule has 1 saturated carbocycles. The number of nitrogens with zero attached hydrogens (tertiary/aromatic N) is 2. The zero-order valence-electron chi connectivity index (χ0n) is 10.9. The Morgan fingerprint density at radius 2 is 2.00 bits per heavy atom. The smallest absolute Gasteiger partial charge is 0.188 e. The Kier molecular flexibility index (Phi) is 4.40. The van der Waals surface area contributed by atoms with Crippen molar-refractivity contribution < 1.29 is 0 Å².